The number of nitrogen functional groups attached to an aromatic ring is 2. The van der Waals surface area contributed by atoms with Crippen LogP contribution in [0.3, 0.4) is 0 Å². The van der Waals surface area contributed by atoms with Crippen LogP contribution in [-0.4, -0.2) is 4.92 Å². The topological polar surface area (TPSA) is 99.1 Å². The average molecular weight is 345 g/mol. The standard InChI is InChI=1S/C20H16N4O2/c1-23-19-11-14(22)5-9-17(19)16-8-4-13(21)10-18(16)20(23)12-2-6-15(7-3-12)24(25)26/h2-11,22H,21H2,1H3/p+1. The molecule has 4 aromatic rings. The minimum atomic E-state index is -0.402. The summed E-state index contributed by atoms with van der Waals surface area (Å²) in [6.45, 7) is 0. The molecule has 0 aliphatic heterocycles. The fourth-order valence-electron chi connectivity index (χ4n) is 3.44. The Morgan fingerprint density at radius 1 is 0.846 bits per heavy atom. The number of nitrogens with zero attached hydrogens (tertiary/aromatic N) is 2. The Labute approximate surface area is 149 Å². The van der Waals surface area contributed by atoms with Crippen LogP contribution >= 0.6 is 0 Å². The van der Waals surface area contributed by atoms with E-state index in [2.05, 4.69) is 4.57 Å². The van der Waals surface area contributed by atoms with Crippen LogP contribution in [0.5, 0.6) is 0 Å². The molecular formula is C20H17N4O2+. The summed E-state index contributed by atoms with van der Waals surface area (Å²) in [5.74, 6) is 0. The number of hydrogen-bond acceptors (Lipinski definition) is 4. The number of hydrogen-bond donors (Lipinski definition) is 2. The summed E-state index contributed by atoms with van der Waals surface area (Å²) in [7, 11) is 1.96. The molecule has 0 bridgehead atoms. The van der Waals surface area contributed by atoms with Crippen LogP contribution < -0.4 is 16.0 Å². The van der Waals surface area contributed by atoms with E-state index in [0.29, 0.717) is 11.4 Å². The fourth-order valence-corrected chi connectivity index (χ4v) is 3.44. The van der Waals surface area contributed by atoms with Gasteiger partial charge in [-0.3, -0.25) is 10.1 Å². The third-order valence-electron chi connectivity index (χ3n) is 4.66. The second kappa shape index (κ2) is 5.70. The fraction of sp³-hybridized carbons (Fsp3) is 0.0500. The second-order valence-corrected chi connectivity index (χ2v) is 6.29. The van der Waals surface area contributed by atoms with Gasteiger partial charge in [0.05, 0.1) is 15.7 Å². The molecule has 0 amide bonds. The van der Waals surface area contributed by atoms with Crippen LogP contribution in [0.25, 0.3) is 32.9 Å². The van der Waals surface area contributed by atoms with Crippen LogP contribution in [0.15, 0.2) is 60.7 Å². The lowest BCUT2D eigenvalue weighted by molar-refractivity contribution is -0.632. The second-order valence-electron chi connectivity index (χ2n) is 6.29. The molecule has 26 heavy (non-hydrogen) atoms. The summed E-state index contributed by atoms with van der Waals surface area (Å²) in [4.78, 5) is 10.6. The minimum Gasteiger partial charge on any atom is -0.399 e. The molecule has 0 unspecified atom stereocenters. The summed E-state index contributed by atoms with van der Waals surface area (Å²) in [5, 5.41) is 14.1. The quantitative estimate of drug-likeness (QED) is 0.191. The van der Waals surface area contributed by atoms with Gasteiger partial charge < -0.3 is 11.5 Å². The molecule has 1 aromatic heterocycles. The van der Waals surface area contributed by atoms with E-state index < -0.39 is 4.92 Å². The van der Waals surface area contributed by atoms with Crippen molar-refractivity contribution in [2.75, 3.05) is 11.5 Å². The van der Waals surface area contributed by atoms with Crippen molar-refractivity contribution in [1.29, 1.82) is 0 Å². The highest BCUT2D eigenvalue weighted by atomic mass is 16.6. The largest absolute Gasteiger partial charge is 0.399 e. The van der Waals surface area contributed by atoms with Gasteiger partial charge in [0.15, 0.2) is 0 Å². The molecule has 0 fully saturated rings. The van der Waals surface area contributed by atoms with Crippen molar-refractivity contribution in [1.82, 2.24) is 0 Å². The Hall–Kier alpha value is -3.67. The van der Waals surface area contributed by atoms with Crippen molar-refractivity contribution < 1.29 is 9.49 Å². The summed E-state index contributed by atoms with van der Waals surface area (Å²) in [5.41, 5.74) is 16.2. The van der Waals surface area contributed by atoms with E-state index in [9.17, 15) is 10.1 Å². The Morgan fingerprint density at radius 2 is 1.46 bits per heavy atom. The lowest BCUT2D eigenvalue weighted by Gasteiger charge is -2.10. The van der Waals surface area contributed by atoms with Gasteiger partial charge in [0.1, 0.15) is 7.05 Å². The van der Waals surface area contributed by atoms with Crippen molar-refractivity contribution in [3.63, 3.8) is 0 Å². The van der Waals surface area contributed by atoms with Crippen LogP contribution in [0.1, 0.15) is 0 Å². The van der Waals surface area contributed by atoms with Gasteiger partial charge in [0.2, 0.25) is 11.2 Å². The van der Waals surface area contributed by atoms with Gasteiger partial charge in [-0.15, -0.1) is 0 Å². The molecular weight excluding hydrogens is 328 g/mol. The molecule has 3 aromatic carbocycles. The number of nitrogens with two attached hydrogens (primary N) is 2. The number of pyridine rings is 1. The SMILES string of the molecule is C[n+]1c(-c2ccc([N+](=O)[O-])cc2)c2cc(N)ccc2c2ccc(N)cc21. The monoisotopic (exact) mass is 345 g/mol. The zero-order chi connectivity index (χ0) is 18.4. The van der Waals surface area contributed by atoms with Gasteiger partial charge in [0, 0.05) is 40.5 Å². The zero-order valence-corrected chi connectivity index (χ0v) is 14.1. The predicted octanol–water partition coefficient (Wildman–Crippen LogP) is 3.56. The maximum absolute atomic E-state index is 11.0. The van der Waals surface area contributed by atoms with Gasteiger partial charge in [-0.2, -0.15) is 4.57 Å². The highest BCUT2D eigenvalue weighted by Gasteiger charge is 2.21. The van der Waals surface area contributed by atoms with E-state index in [1.165, 1.54) is 12.1 Å². The number of nitro groups is 1. The molecule has 0 aliphatic rings. The van der Waals surface area contributed by atoms with Gasteiger partial charge in [0.25, 0.3) is 5.69 Å². The van der Waals surface area contributed by atoms with Crippen LogP contribution in [-0.2, 0) is 7.05 Å². The number of aryl methyl sites for hydroxylation is 1. The Balaban J connectivity index is 2.13. The highest BCUT2D eigenvalue weighted by Crippen LogP contribution is 2.33. The number of benzene rings is 3. The van der Waals surface area contributed by atoms with Crippen molar-refractivity contribution in [2.24, 2.45) is 7.05 Å². The van der Waals surface area contributed by atoms with E-state index in [0.717, 1.165) is 32.9 Å². The van der Waals surface area contributed by atoms with Gasteiger partial charge >= 0.3 is 0 Å². The Bertz CT molecular complexity index is 1180. The number of aromatic nitrogens is 1. The van der Waals surface area contributed by atoms with E-state index in [1.807, 2.05) is 43.4 Å². The molecule has 128 valence electrons. The lowest BCUT2D eigenvalue weighted by Crippen LogP contribution is -2.32. The van der Waals surface area contributed by atoms with Crippen molar-refractivity contribution in [2.45, 2.75) is 0 Å². The summed E-state index contributed by atoms with van der Waals surface area (Å²) in [6.07, 6.45) is 0. The average Bonchev–Trinajstić information content (AvgIpc) is 2.62. The molecule has 4 N–H and O–H groups in total. The molecule has 1 heterocycles. The van der Waals surface area contributed by atoms with Crippen LogP contribution in [0.2, 0.25) is 0 Å². The molecule has 0 radical (unpaired) electrons. The Morgan fingerprint density at radius 3 is 2.12 bits per heavy atom. The number of rotatable bonds is 2. The summed E-state index contributed by atoms with van der Waals surface area (Å²) in [6, 6.07) is 18.2. The molecule has 6 nitrogen and oxygen atoms in total. The van der Waals surface area contributed by atoms with Gasteiger partial charge in [-0.25, -0.2) is 0 Å². The van der Waals surface area contributed by atoms with E-state index in [4.69, 9.17) is 11.5 Å². The Kier molecular flexibility index (Phi) is 3.47. The zero-order valence-electron chi connectivity index (χ0n) is 14.1. The summed E-state index contributed by atoms with van der Waals surface area (Å²) >= 11 is 0. The van der Waals surface area contributed by atoms with Crippen molar-refractivity contribution >= 4 is 38.7 Å². The highest BCUT2D eigenvalue weighted by molar-refractivity contribution is 6.10. The molecule has 4 rings (SSSR count). The maximum atomic E-state index is 11.0. The van der Waals surface area contributed by atoms with Crippen LogP contribution in [0.4, 0.5) is 17.1 Å². The number of anilines is 2. The van der Waals surface area contributed by atoms with E-state index >= 15 is 0 Å². The first-order valence-corrected chi connectivity index (χ1v) is 8.11. The summed E-state index contributed by atoms with van der Waals surface area (Å²) < 4.78 is 2.05. The van der Waals surface area contributed by atoms with Gasteiger partial charge in [-0.05, 0) is 36.4 Å². The van der Waals surface area contributed by atoms with E-state index in [-0.39, 0.29) is 5.69 Å². The molecule has 0 aliphatic carbocycles. The lowest BCUT2D eigenvalue weighted by atomic mass is 9.98. The molecule has 0 saturated carbocycles. The van der Waals surface area contributed by atoms with Crippen molar-refractivity contribution in [3.05, 3.63) is 70.8 Å². The molecule has 0 atom stereocenters. The number of non-ortho nitro benzene ring substituents is 1. The first-order valence-electron chi connectivity index (χ1n) is 8.11. The molecule has 0 saturated heterocycles. The van der Waals surface area contributed by atoms with Crippen molar-refractivity contribution in [3.8, 4) is 11.3 Å². The number of fused-ring (bicyclic) bond motifs is 3. The van der Waals surface area contributed by atoms with Gasteiger partial charge in [-0.1, -0.05) is 6.07 Å². The first kappa shape index (κ1) is 15.8. The molecule has 6 heteroatoms. The minimum absolute atomic E-state index is 0.0604. The smallest absolute Gasteiger partial charge is 0.269 e. The molecule has 0 spiro atoms. The third-order valence-corrected chi connectivity index (χ3v) is 4.66. The van der Waals surface area contributed by atoms with E-state index in [1.54, 1.807) is 12.1 Å². The maximum Gasteiger partial charge on any atom is 0.269 e. The van der Waals surface area contributed by atoms with Crippen LogP contribution in [0, 0.1) is 10.1 Å². The first-order chi connectivity index (χ1) is 12.5. The predicted molar refractivity (Wildman–Crippen MR) is 104 cm³/mol. The third kappa shape index (κ3) is 2.39. The normalized spacial score (nSPS) is 11.1. The number of nitro benzene ring substituents is 1.